The van der Waals surface area contributed by atoms with Crippen molar-refractivity contribution in [3.8, 4) is 5.75 Å². The molecule has 0 aliphatic heterocycles. The van der Waals surface area contributed by atoms with E-state index in [0.717, 1.165) is 30.8 Å². The number of likely N-dealkylation sites (N-methyl/N-ethyl adjacent to an activating group) is 2. The van der Waals surface area contributed by atoms with E-state index in [0.29, 0.717) is 19.7 Å². The molecule has 5 heteroatoms. The van der Waals surface area contributed by atoms with Gasteiger partial charge in [-0.1, -0.05) is 25.1 Å². The molecule has 118 valence electrons. The van der Waals surface area contributed by atoms with Crippen LogP contribution in [0.2, 0.25) is 0 Å². The van der Waals surface area contributed by atoms with Gasteiger partial charge in [-0.25, -0.2) is 0 Å². The summed E-state index contributed by atoms with van der Waals surface area (Å²) in [4.78, 5) is 15.4. The molecule has 0 fully saturated rings. The highest BCUT2D eigenvalue weighted by molar-refractivity contribution is 5.77. The zero-order valence-corrected chi connectivity index (χ0v) is 13.3. The highest BCUT2D eigenvalue weighted by Crippen LogP contribution is 2.17. The van der Waals surface area contributed by atoms with Crippen molar-refractivity contribution in [2.45, 2.75) is 19.9 Å². The standard InChI is InChI=1S/C16H27N3O2/c1-4-19(13-16(20)18(2)3)10-7-11-21-15-9-6-5-8-14(15)12-17/h5-6,8-9H,4,7,10-13,17H2,1-3H3. The van der Waals surface area contributed by atoms with Gasteiger partial charge in [0.15, 0.2) is 0 Å². The molecule has 1 amide bonds. The number of carbonyl (C=O) groups is 1. The number of ether oxygens (including phenoxy) is 1. The van der Waals surface area contributed by atoms with Gasteiger partial charge in [-0.15, -0.1) is 0 Å². The van der Waals surface area contributed by atoms with E-state index < -0.39 is 0 Å². The van der Waals surface area contributed by atoms with E-state index in [1.807, 2.05) is 24.3 Å². The molecule has 0 saturated heterocycles. The van der Waals surface area contributed by atoms with E-state index in [1.54, 1.807) is 19.0 Å². The average molecular weight is 293 g/mol. The second-order valence-electron chi connectivity index (χ2n) is 5.17. The highest BCUT2D eigenvalue weighted by atomic mass is 16.5. The predicted octanol–water partition coefficient (Wildman–Crippen LogP) is 1.32. The maximum atomic E-state index is 11.7. The van der Waals surface area contributed by atoms with Crippen molar-refractivity contribution in [1.29, 1.82) is 0 Å². The second kappa shape index (κ2) is 9.37. The van der Waals surface area contributed by atoms with E-state index >= 15 is 0 Å². The summed E-state index contributed by atoms with van der Waals surface area (Å²) in [5.41, 5.74) is 6.70. The van der Waals surface area contributed by atoms with E-state index in [9.17, 15) is 4.79 Å². The van der Waals surface area contributed by atoms with Crippen molar-refractivity contribution < 1.29 is 9.53 Å². The van der Waals surface area contributed by atoms with Crippen LogP contribution in [-0.2, 0) is 11.3 Å². The third-order valence-electron chi connectivity index (χ3n) is 3.37. The fourth-order valence-electron chi connectivity index (χ4n) is 1.97. The van der Waals surface area contributed by atoms with Gasteiger partial charge in [0.25, 0.3) is 0 Å². The number of rotatable bonds is 9. The van der Waals surface area contributed by atoms with Crippen molar-refractivity contribution in [3.05, 3.63) is 29.8 Å². The van der Waals surface area contributed by atoms with Crippen molar-refractivity contribution in [3.63, 3.8) is 0 Å². The third kappa shape index (κ3) is 6.14. The van der Waals surface area contributed by atoms with Crippen molar-refractivity contribution in [1.82, 2.24) is 9.80 Å². The van der Waals surface area contributed by atoms with Gasteiger partial charge in [0.2, 0.25) is 5.91 Å². The largest absolute Gasteiger partial charge is 0.493 e. The summed E-state index contributed by atoms with van der Waals surface area (Å²) in [6, 6.07) is 7.82. The Hall–Kier alpha value is -1.59. The summed E-state index contributed by atoms with van der Waals surface area (Å²) in [5.74, 6) is 0.985. The van der Waals surface area contributed by atoms with Gasteiger partial charge in [-0.3, -0.25) is 9.69 Å². The molecule has 2 N–H and O–H groups in total. The van der Waals surface area contributed by atoms with Crippen molar-refractivity contribution in [2.24, 2.45) is 5.73 Å². The summed E-state index contributed by atoms with van der Waals surface area (Å²) < 4.78 is 5.77. The molecule has 1 aromatic carbocycles. The Bertz CT molecular complexity index is 435. The lowest BCUT2D eigenvalue weighted by Gasteiger charge is -2.22. The first-order valence-corrected chi connectivity index (χ1v) is 7.41. The minimum Gasteiger partial charge on any atom is -0.493 e. The van der Waals surface area contributed by atoms with Crippen LogP contribution in [0.4, 0.5) is 0 Å². The third-order valence-corrected chi connectivity index (χ3v) is 3.37. The normalized spacial score (nSPS) is 10.7. The van der Waals surface area contributed by atoms with Crippen LogP contribution in [0.3, 0.4) is 0 Å². The smallest absolute Gasteiger partial charge is 0.236 e. The fraction of sp³-hybridized carbons (Fsp3) is 0.562. The van der Waals surface area contributed by atoms with Crippen LogP contribution in [0, 0.1) is 0 Å². The maximum absolute atomic E-state index is 11.7. The zero-order valence-electron chi connectivity index (χ0n) is 13.3. The van der Waals surface area contributed by atoms with Crippen LogP contribution in [0.25, 0.3) is 0 Å². The van der Waals surface area contributed by atoms with E-state index in [4.69, 9.17) is 10.5 Å². The Kier molecular flexibility index (Phi) is 7.79. The van der Waals surface area contributed by atoms with Gasteiger partial charge < -0.3 is 15.4 Å². The first-order chi connectivity index (χ1) is 10.1. The van der Waals surface area contributed by atoms with Gasteiger partial charge in [0.05, 0.1) is 13.2 Å². The molecule has 0 aliphatic rings. The van der Waals surface area contributed by atoms with Gasteiger partial charge in [-0.2, -0.15) is 0 Å². The molecule has 0 aliphatic carbocycles. The highest BCUT2D eigenvalue weighted by Gasteiger charge is 2.10. The Morgan fingerprint density at radius 2 is 2.00 bits per heavy atom. The lowest BCUT2D eigenvalue weighted by molar-refractivity contribution is -0.129. The Morgan fingerprint density at radius 3 is 2.62 bits per heavy atom. The molecule has 1 rings (SSSR count). The van der Waals surface area contributed by atoms with Crippen LogP contribution in [0.15, 0.2) is 24.3 Å². The molecule has 0 atom stereocenters. The molecule has 0 saturated carbocycles. The minimum atomic E-state index is 0.131. The van der Waals surface area contributed by atoms with Crippen LogP contribution >= 0.6 is 0 Å². The maximum Gasteiger partial charge on any atom is 0.236 e. The van der Waals surface area contributed by atoms with Crippen LogP contribution in [-0.4, -0.2) is 56.0 Å². The minimum absolute atomic E-state index is 0.131. The number of para-hydroxylation sites is 1. The summed E-state index contributed by atoms with van der Waals surface area (Å²) in [6.07, 6.45) is 0.882. The molecule has 0 heterocycles. The van der Waals surface area contributed by atoms with Gasteiger partial charge in [0.1, 0.15) is 5.75 Å². The Morgan fingerprint density at radius 1 is 1.29 bits per heavy atom. The number of hydrogen-bond acceptors (Lipinski definition) is 4. The molecule has 1 aromatic rings. The monoisotopic (exact) mass is 293 g/mol. The topological polar surface area (TPSA) is 58.8 Å². The molecule has 0 bridgehead atoms. The number of benzene rings is 1. The Balaban J connectivity index is 2.33. The van der Waals surface area contributed by atoms with E-state index in [1.165, 1.54) is 0 Å². The van der Waals surface area contributed by atoms with Gasteiger partial charge >= 0.3 is 0 Å². The molecule has 0 unspecified atom stereocenters. The van der Waals surface area contributed by atoms with Gasteiger partial charge in [0, 0.05) is 32.7 Å². The molecule has 0 radical (unpaired) electrons. The number of hydrogen-bond donors (Lipinski definition) is 1. The molecule has 5 nitrogen and oxygen atoms in total. The number of nitrogens with two attached hydrogens (primary N) is 1. The number of carbonyl (C=O) groups excluding carboxylic acids is 1. The van der Waals surface area contributed by atoms with Crippen molar-refractivity contribution in [2.75, 3.05) is 40.3 Å². The quantitative estimate of drug-likeness (QED) is 0.698. The Labute approximate surface area is 127 Å². The molecule has 0 aromatic heterocycles. The van der Waals surface area contributed by atoms with E-state index in [2.05, 4.69) is 11.8 Å². The van der Waals surface area contributed by atoms with Gasteiger partial charge in [-0.05, 0) is 19.0 Å². The lowest BCUT2D eigenvalue weighted by atomic mass is 10.2. The predicted molar refractivity (Wildman–Crippen MR) is 85.3 cm³/mol. The first-order valence-electron chi connectivity index (χ1n) is 7.41. The van der Waals surface area contributed by atoms with Crippen LogP contribution in [0.5, 0.6) is 5.75 Å². The molecular weight excluding hydrogens is 266 g/mol. The number of nitrogens with zero attached hydrogens (tertiary/aromatic N) is 2. The van der Waals surface area contributed by atoms with Crippen LogP contribution < -0.4 is 10.5 Å². The summed E-state index contributed by atoms with van der Waals surface area (Å²) in [6.45, 7) is 5.34. The molecule has 0 spiro atoms. The first kappa shape index (κ1) is 17.5. The second-order valence-corrected chi connectivity index (χ2v) is 5.17. The van der Waals surface area contributed by atoms with Crippen LogP contribution in [0.1, 0.15) is 18.9 Å². The lowest BCUT2D eigenvalue weighted by Crippen LogP contribution is -2.37. The van der Waals surface area contributed by atoms with E-state index in [-0.39, 0.29) is 5.91 Å². The summed E-state index contributed by atoms with van der Waals surface area (Å²) in [5, 5.41) is 0. The summed E-state index contributed by atoms with van der Waals surface area (Å²) >= 11 is 0. The molecule has 21 heavy (non-hydrogen) atoms. The number of amides is 1. The zero-order chi connectivity index (χ0) is 15.7. The van der Waals surface area contributed by atoms with Crippen molar-refractivity contribution >= 4 is 5.91 Å². The summed E-state index contributed by atoms with van der Waals surface area (Å²) in [7, 11) is 3.56. The SMILES string of the molecule is CCN(CCCOc1ccccc1CN)CC(=O)N(C)C. The molecular formula is C16H27N3O2. The average Bonchev–Trinajstić information content (AvgIpc) is 2.50. The fourth-order valence-corrected chi connectivity index (χ4v) is 1.97.